The van der Waals surface area contributed by atoms with Gasteiger partial charge in [0.2, 0.25) is 0 Å². The van der Waals surface area contributed by atoms with Gasteiger partial charge in [-0.15, -0.1) is 6.58 Å². The van der Waals surface area contributed by atoms with Crippen LogP contribution in [0.5, 0.6) is 0 Å². The van der Waals surface area contributed by atoms with Gasteiger partial charge in [0.1, 0.15) is 5.15 Å². The summed E-state index contributed by atoms with van der Waals surface area (Å²) in [5.74, 6) is 5.50. The van der Waals surface area contributed by atoms with Gasteiger partial charge in [0.15, 0.2) is 0 Å². The molecule has 3 N–H and O–H groups in total. The minimum Gasteiger partial charge on any atom is -0.271 e. The number of nitrogens with one attached hydrogen (secondary N) is 1. The van der Waals surface area contributed by atoms with Crippen molar-refractivity contribution in [1.29, 1.82) is 0 Å². The minimum atomic E-state index is 0.0993. The van der Waals surface area contributed by atoms with Gasteiger partial charge < -0.3 is 0 Å². The summed E-state index contributed by atoms with van der Waals surface area (Å²) in [6.45, 7) is 5.87. The van der Waals surface area contributed by atoms with Crippen molar-refractivity contribution in [2.75, 3.05) is 0 Å². The molecule has 1 heterocycles. The van der Waals surface area contributed by atoms with Crippen LogP contribution >= 0.6 is 11.6 Å². The fourth-order valence-electron chi connectivity index (χ4n) is 1.37. The van der Waals surface area contributed by atoms with Crippen LogP contribution in [0.3, 0.4) is 0 Å². The molecule has 3 nitrogen and oxygen atoms in total. The van der Waals surface area contributed by atoms with Crippen molar-refractivity contribution in [2.45, 2.75) is 25.8 Å². The van der Waals surface area contributed by atoms with Crippen molar-refractivity contribution in [3.63, 3.8) is 0 Å². The fourth-order valence-corrected chi connectivity index (χ4v) is 1.55. The molecule has 1 aromatic heterocycles. The van der Waals surface area contributed by atoms with E-state index >= 15 is 0 Å². The van der Waals surface area contributed by atoms with Gasteiger partial charge in [0.25, 0.3) is 0 Å². The van der Waals surface area contributed by atoms with E-state index in [9.17, 15) is 0 Å². The Kier molecular flexibility index (Phi) is 4.75. The molecule has 0 aliphatic carbocycles. The van der Waals surface area contributed by atoms with E-state index in [-0.39, 0.29) is 6.04 Å². The van der Waals surface area contributed by atoms with Gasteiger partial charge in [0.05, 0.1) is 0 Å². The van der Waals surface area contributed by atoms with Crippen molar-refractivity contribution < 1.29 is 0 Å². The van der Waals surface area contributed by atoms with E-state index in [1.807, 2.05) is 19.1 Å². The maximum Gasteiger partial charge on any atom is 0.129 e. The Balaban J connectivity index is 2.69. The first-order valence-electron chi connectivity index (χ1n) is 4.85. The van der Waals surface area contributed by atoms with E-state index in [1.165, 1.54) is 0 Å². The van der Waals surface area contributed by atoms with E-state index in [2.05, 4.69) is 17.0 Å². The average Bonchev–Trinajstić information content (AvgIpc) is 2.18. The molecule has 0 aliphatic heterocycles. The van der Waals surface area contributed by atoms with Crippen LogP contribution in [0.4, 0.5) is 0 Å². The molecule has 0 fully saturated rings. The molecule has 15 heavy (non-hydrogen) atoms. The van der Waals surface area contributed by atoms with E-state index in [4.69, 9.17) is 17.4 Å². The molecule has 82 valence electrons. The maximum absolute atomic E-state index is 5.81. The maximum atomic E-state index is 5.81. The number of hydrogen-bond acceptors (Lipinski definition) is 3. The Labute approximate surface area is 95.3 Å². The third-order valence-electron chi connectivity index (χ3n) is 2.21. The second kappa shape index (κ2) is 5.85. The summed E-state index contributed by atoms with van der Waals surface area (Å²) in [6, 6.07) is 3.83. The molecule has 1 unspecified atom stereocenters. The Hall–Kier alpha value is -0.900. The molecule has 0 aliphatic rings. The number of hydrogen-bond donors (Lipinski definition) is 2. The fraction of sp³-hybridized carbons (Fsp3) is 0.364. The molecular weight excluding hydrogens is 210 g/mol. The highest BCUT2D eigenvalue weighted by atomic mass is 35.5. The highest BCUT2D eigenvalue weighted by molar-refractivity contribution is 6.29. The predicted octanol–water partition coefficient (Wildman–Crippen LogP) is 2.60. The Bertz CT molecular complexity index is 338. The van der Waals surface area contributed by atoms with Gasteiger partial charge in [-0.1, -0.05) is 17.2 Å². The van der Waals surface area contributed by atoms with Crippen LogP contribution in [0.25, 0.3) is 0 Å². The summed E-state index contributed by atoms with van der Waals surface area (Å²) in [5.41, 5.74) is 4.98. The number of halogens is 1. The smallest absolute Gasteiger partial charge is 0.129 e. The van der Waals surface area contributed by atoms with Gasteiger partial charge in [-0.25, -0.2) is 4.98 Å². The number of allylic oxidation sites excluding steroid dienone is 1. The molecule has 0 spiro atoms. The molecule has 1 aromatic rings. The van der Waals surface area contributed by atoms with Crippen molar-refractivity contribution in [2.24, 2.45) is 5.84 Å². The normalized spacial score (nSPS) is 12.5. The Morgan fingerprint density at radius 1 is 1.73 bits per heavy atom. The van der Waals surface area contributed by atoms with Crippen LogP contribution in [0.2, 0.25) is 5.15 Å². The topological polar surface area (TPSA) is 50.9 Å². The first kappa shape index (κ1) is 12.2. The number of hydrazine groups is 1. The SMILES string of the molecule is C=C(C)CCC(NN)c1ccnc(Cl)c1. The van der Waals surface area contributed by atoms with Gasteiger partial charge in [-0.05, 0) is 37.5 Å². The molecule has 0 saturated heterocycles. The molecule has 0 bridgehead atoms. The van der Waals surface area contributed by atoms with Crippen LogP contribution in [0.1, 0.15) is 31.4 Å². The zero-order chi connectivity index (χ0) is 11.3. The summed E-state index contributed by atoms with van der Waals surface area (Å²) in [6.07, 6.45) is 3.53. The van der Waals surface area contributed by atoms with E-state index in [0.717, 1.165) is 24.0 Å². The van der Waals surface area contributed by atoms with E-state index in [0.29, 0.717) is 5.15 Å². The largest absolute Gasteiger partial charge is 0.271 e. The first-order chi connectivity index (χ1) is 7.13. The van der Waals surface area contributed by atoms with Crippen LogP contribution in [-0.2, 0) is 0 Å². The molecule has 1 rings (SSSR count). The van der Waals surface area contributed by atoms with Crippen LogP contribution < -0.4 is 11.3 Å². The minimum absolute atomic E-state index is 0.0993. The Morgan fingerprint density at radius 2 is 2.47 bits per heavy atom. The highest BCUT2D eigenvalue weighted by Gasteiger charge is 2.09. The zero-order valence-electron chi connectivity index (χ0n) is 8.83. The summed E-state index contributed by atoms with van der Waals surface area (Å²) in [7, 11) is 0. The summed E-state index contributed by atoms with van der Waals surface area (Å²) < 4.78 is 0. The number of nitrogens with two attached hydrogens (primary N) is 1. The lowest BCUT2D eigenvalue weighted by atomic mass is 10.0. The van der Waals surface area contributed by atoms with Gasteiger partial charge >= 0.3 is 0 Å². The lowest BCUT2D eigenvalue weighted by Gasteiger charge is -2.16. The highest BCUT2D eigenvalue weighted by Crippen LogP contribution is 2.20. The summed E-state index contributed by atoms with van der Waals surface area (Å²) >= 11 is 5.81. The van der Waals surface area contributed by atoms with Gasteiger partial charge in [0, 0.05) is 12.2 Å². The van der Waals surface area contributed by atoms with Crippen molar-refractivity contribution in [1.82, 2.24) is 10.4 Å². The number of pyridine rings is 1. The number of rotatable bonds is 5. The van der Waals surface area contributed by atoms with E-state index in [1.54, 1.807) is 6.20 Å². The summed E-state index contributed by atoms with van der Waals surface area (Å²) in [5, 5.41) is 0.489. The Morgan fingerprint density at radius 3 is 3.00 bits per heavy atom. The monoisotopic (exact) mass is 225 g/mol. The van der Waals surface area contributed by atoms with Crippen LogP contribution in [0.15, 0.2) is 30.5 Å². The van der Waals surface area contributed by atoms with E-state index < -0.39 is 0 Å². The van der Waals surface area contributed by atoms with Gasteiger partial charge in [-0.2, -0.15) is 0 Å². The van der Waals surface area contributed by atoms with Crippen molar-refractivity contribution >= 4 is 11.6 Å². The van der Waals surface area contributed by atoms with Crippen LogP contribution in [-0.4, -0.2) is 4.98 Å². The lowest BCUT2D eigenvalue weighted by Crippen LogP contribution is -2.28. The van der Waals surface area contributed by atoms with Crippen molar-refractivity contribution in [3.05, 3.63) is 41.2 Å². The number of aromatic nitrogens is 1. The van der Waals surface area contributed by atoms with Crippen molar-refractivity contribution in [3.8, 4) is 0 Å². The standard InChI is InChI=1S/C11H16ClN3/c1-8(2)3-4-10(15-13)9-5-6-14-11(12)7-9/h5-7,10,15H,1,3-4,13H2,2H3. The predicted molar refractivity (Wildman–Crippen MR) is 63.4 cm³/mol. The first-order valence-corrected chi connectivity index (χ1v) is 5.23. The average molecular weight is 226 g/mol. The summed E-state index contributed by atoms with van der Waals surface area (Å²) in [4.78, 5) is 3.93. The molecule has 4 heteroatoms. The third kappa shape index (κ3) is 4.00. The molecular formula is C11H16ClN3. The molecule has 0 radical (unpaired) electrons. The number of nitrogens with zero attached hydrogens (tertiary/aromatic N) is 1. The molecule has 1 atom stereocenters. The molecule has 0 aromatic carbocycles. The van der Waals surface area contributed by atoms with Crippen LogP contribution in [0, 0.1) is 0 Å². The second-order valence-electron chi connectivity index (χ2n) is 3.63. The second-order valence-corrected chi connectivity index (χ2v) is 4.01. The molecule has 0 amide bonds. The third-order valence-corrected chi connectivity index (χ3v) is 2.42. The zero-order valence-corrected chi connectivity index (χ0v) is 9.59. The van der Waals surface area contributed by atoms with Gasteiger partial charge in [-0.3, -0.25) is 11.3 Å². The quantitative estimate of drug-likeness (QED) is 0.351. The lowest BCUT2D eigenvalue weighted by molar-refractivity contribution is 0.515. The molecule has 0 saturated carbocycles.